The van der Waals surface area contributed by atoms with Gasteiger partial charge in [0.05, 0.1) is 7.11 Å². The molecule has 1 amide bonds. The van der Waals surface area contributed by atoms with E-state index in [0.717, 1.165) is 77.1 Å². The standard InChI is InChI=1S/C21H38N4O3.HI/c1-3-22-21(23-14-9-5-4-6-12-19(26)28-2)24-18-13-15-25(16-18)20(27)17-10-7-8-11-17;/h17-18H,3-16H2,1-2H3,(H2,22,23,24);1H. The minimum absolute atomic E-state index is 0. The molecule has 1 unspecified atom stereocenters. The number of guanidine groups is 1. The third kappa shape index (κ3) is 9.53. The summed E-state index contributed by atoms with van der Waals surface area (Å²) < 4.78 is 4.65. The molecule has 1 atom stereocenters. The molecule has 1 aliphatic carbocycles. The summed E-state index contributed by atoms with van der Waals surface area (Å²) in [5.41, 5.74) is 0. The van der Waals surface area contributed by atoms with E-state index >= 15 is 0 Å². The highest BCUT2D eigenvalue weighted by atomic mass is 127. The van der Waals surface area contributed by atoms with Crippen LogP contribution in [0.5, 0.6) is 0 Å². The molecule has 0 aromatic heterocycles. The summed E-state index contributed by atoms with van der Waals surface area (Å²) in [6, 6.07) is 0.281. The van der Waals surface area contributed by atoms with Crippen LogP contribution in [0.1, 0.15) is 71.1 Å². The van der Waals surface area contributed by atoms with Gasteiger partial charge in [0.1, 0.15) is 0 Å². The number of hydrogen-bond donors (Lipinski definition) is 2. The molecule has 0 aromatic rings. The first-order valence-electron chi connectivity index (χ1n) is 11.0. The fourth-order valence-electron chi connectivity index (χ4n) is 4.05. The molecule has 2 rings (SSSR count). The number of amides is 1. The van der Waals surface area contributed by atoms with Crippen LogP contribution in [0, 0.1) is 5.92 Å². The minimum atomic E-state index is -0.131. The van der Waals surface area contributed by atoms with E-state index in [1.165, 1.54) is 20.0 Å². The van der Waals surface area contributed by atoms with Gasteiger partial charge in [0, 0.05) is 44.6 Å². The zero-order valence-corrected chi connectivity index (χ0v) is 20.4. The van der Waals surface area contributed by atoms with E-state index in [-0.39, 0.29) is 41.9 Å². The fraction of sp³-hybridized carbons (Fsp3) is 0.857. The molecule has 29 heavy (non-hydrogen) atoms. The van der Waals surface area contributed by atoms with Crippen molar-refractivity contribution in [3.8, 4) is 0 Å². The number of unbranched alkanes of at least 4 members (excludes halogenated alkanes) is 3. The van der Waals surface area contributed by atoms with Gasteiger partial charge >= 0.3 is 5.97 Å². The third-order valence-electron chi connectivity index (χ3n) is 5.68. The van der Waals surface area contributed by atoms with Crippen molar-refractivity contribution in [3.63, 3.8) is 0 Å². The van der Waals surface area contributed by atoms with Crippen LogP contribution in [0.3, 0.4) is 0 Å². The molecule has 1 saturated heterocycles. The summed E-state index contributed by atoms with van der Waals surface area (Å²) in [6.07, 6.45) is 9.99. The smallest absolute Gasteiger partial charge is 0.305 e. The van der Waals surface area contributed by atoms with Crippen molar-refractivity contribution in [2.45, 2.75) is 77.2 Å². The average Bonchev–Trinajstić information content (AvgIpc) is 3.38. The van der Waals surface area contributed by atoms with E-state index in [4.69, 9.17) is 0 Å². The number of carbonyl (C=O) groups excluding carboxylic acids is 2. The Balaban J connectivity index is 0.00000420. The molecule has 168 valence electrons. The first-order chi connectivity index (χ1) is 13.6. The van der Waals surface area contributed by atoms with Crippen LogP contribution in [0.4, 0.5) is 0 Å². The van der Waals surface area contributed by atoms with Gasteiger partial charge in [-0.15, -0.1) is 24.0 Å². The first-order valence-corrected chi connectivity index (χ1v) is 11.0. The van der Waals surface area contributed by atoms with E-state index in [1.54, 1.807) is 0 Å². The SMILES string of the molecule is CCNC(=NCCCCCCC(=O)OC)NC1CCN(C(=O)C2CCCC2)C1.I. The van der Waals surface area contributed by atoms with Gasteiger partial charge in [0.15, 0.2) is 5.96 Å². The maximum atomic E-state index is 12.6. The Labute approximate surface area is 192 Å². The molecule has 0 spiro atoms. The first kappa shape index (κ1) is 26.0. The molecular formula is C21H39IN4O3. The number of nitrogens with zero attached hydrogens (tertiary/aromatic N) is 2. The number of aliphatic imine (C=N–C) groups is 1. The lowest BCUT2D eigenvalue weighted by atomic mass is 10.1. The van der Waals surface area contributed by atoms with Crippen molar-refractivity contribution in [3.05, 3.63) is 0 Å². The molecule has 1 saturated carbocycles. The third-order valence-corrected chi connectivity index (χ3v) is 5.68. The van der Waals surface area contributed by atoms with Crippen LogP contribution in [-0.2, 0) is 14.3 Å². The van der Waals surface area contributed by atoms with Crippen molar-refractivity contribution < 1.29 is 14.3 Å². The van der Waals surface area contributed by atoms with Crippen molar-refractivity contribution >= 4 is 41.8 Å². The molecule has 0 bridgehead atoms. The largest absolute Gasteiger partial charge is 0.469 e. The summed E-state index contributed by atoms with van der Waals surface area (Å²) in [5.74, 6) is 1.33. The minimum Gasteiger partial charge on any atom is -0.469 e. The second kappa shape index (κ2) is 14.8. The van der Waals surface area contributed by atoms with E-state index in [9.17, 15) is 9.59 Å². The fourth-order valence-corrected chi connectivity index (χ4v) is 4.05. The second-order valence-corrected chi connectivity index (χ2v) is 7.90. The zero-order chi connectivity index (χ0) is 20.2. The quantitative estimate of drug-likeness (QED) is 0.152. The van der Waals surface area contributed by atoms with Crippen LogP contribution < -0.4 is 10.6 Å². The number of carbonyl (C=O) groups is 2. The Kier molecular flexibility index (Phi) is 13.3. The number of methoxy groups -OCH3 is 1. The maximum Gasteiger partial charge on any atom is 0.305 e. The van der Waals surface area contributed by atoms with Crippen molar-refractivity contribution in [1.29, 1.82) is 0 Å². The normalized spacial score (nSPS) is 19.7. The Morgan fingerprint density at radius 1 is 1.10 bits per heavy atom. The molecule has 8 heteroatoms. The average molecular weight is 522 g/mol. The van der Waals surface area contributed by atoms with Crippen LogP contribution in [0.25, 0.3) is 0 Å². The lowest BCUT2D eigenvalue weighted by molar-refractivity contribution is -0.140. The Hall–Kier alpha value is -1.06. The van der Waals surface area contributed by atoms with Gasteiger partial charge in [-0.25, -0.2) is 0 Å². The number of likely N-dealkylation sites (tertiary alicyclic amines) is 1. The van der Waals surface area contributed by atoms with E-state index in [2.05, 4.69) is 27.3 Å². The van der Waals surface area contributed by atoms with Crippen LogP contribution >= 0.6 is 24.0 Å². The number of nitrogens with one attached hydrogen (secondary N) is 2. The molecule has 0 aromatic carbocycles. The summed E-state index contributed by atoms with van der Waals surface area (Å²) in [5, 5.41) is 6.81. The number of rotatable bonds is 10. The molecule has 7 nitrogen and oxygen atoms in total. The molecule has 1 aliphatic heterocycles. The lowest BCUT2D eigenvalue weighted by Crippen LogP contribution is -2.45. The number of hydrogen-bond acceptors (Lipinski definition) is 4. The zero-order valence-electron chi connectivity index (χ0n) is 18.1. The van der Waals surface area contributed by atoms with Gasteiger partial charge in [-0.3, -0.25) is 14.6 Å². The van der Waals surface area contributed by atoms with E-state index in [1.807, 2.05) is 4.90 Å². The number of ether oxygens (including phenoxy) is 1. The molecular weight excluding hydrogens is 483 g/mol. The lowest BCUT2D eigenvalue weighted by Gasteiger charge is -2.21. The highest BCUT2D eigenvalue weighted by molar-refractivity contribution is 14.0. The predicted molar refractivity (Wildman–Crippen MR) is 127 cm³/mol. The molecule has 2 N–H and O–H groups in total. The highest BCUT2D eigenvalue weighted by Gasteiger charge is 2.32. The monoisotopic (exact) mass is 522 g/mol. The number of esters is 1. The summed E-state index contributed by atoms with van der Waals surface area (Å²) in [6.45, 7) is 5.29. The molecule has 2 aliphatic rings. The van der Waals surface area contributed by atoms with E-state index < -0.39 is 0 Å². The van der Waals surface area contributed by atoms with Crippen LogP contribution in [0.2, 0.25) is 0 Å². The maximum absolute atomic E-state index is 12.6. The van der Waals surface area contributed by atoms with Crippen molar-refractivity contribution in [1.82, 2.24) is 15.5 Å². The van der Waals surface area contributed by atoms with Crippen LogP contribution in [0.15, 0.2) is 4.99 Å². The molecule has 2 fully saturated rings. The topological polar surface area (TPSA) is 83.0 Å². The highest BCUT2D eigenvalue weighted by Crippen LogP contribution is 2.27. The van der Waals surface area contributed by atoms with Gasteiger partial charge < -0.3 is 20.3 Å². The molecule has 0 radical (unpaired) electrons. The van der Waals surface area contributed by atoms with Gasteiger partial charge in [0.2, 0.25) is 5.91 Å². The Bertz CT molecular complexity index is 524. The van der Waals surface area contributed by atoms with E-state index in [0.29, 0.717) is 12.3 Å². The summed E-state index contributed by atoms with van der Waals surface area (Å²) >= 11 is 0. The van der Waals surface area contributed by atoms with Gasteiger partial charge in [0.25, 0.3) is 0 Å². The van der Waals surface area contributed by atoms with Crippen LogP contribution in [-0.4, -0.2) is 62.1 Å². The van der Waals surface area contributed by atoms with Gasteiger partial charge in [-0.05, 0) is 39.0 Å². The summed E-state index contributed by atoms with van der Waals surface area (Å²) in [4.78, 5) is 30.4. The van der Waals surface area contributed by atoms with Gasteiger partial charge in [-0.1, -0.05) is 25.7 Å². The van der Waals surface area contributed by atoms with Crippen molar-refractivity contribution in [2.75, 3.05) is 33.3 Å². The number of halogens is 1. The Morgan fingerprint density at radius 2 is 1.83 bits per heavy atom. The second-order valence-electron chi connectivity index (χ2n) is 7.90. The molecule has 1 heterocycles. The summed E-state index contributed by atoms with van der Waals surface area (Å²) in [7, 11) is 1.43. The Morgan fingerprint density at radius 3 is 2.52 bits per heavy atom. The van der Waals surface area contributed by atoms with Crippen molar-refractivity contribution in [2.24, 2.45) is 10.9 Å². The predicted octanol–water partition coefficient (Wildman–Crippen LogP) is 3.07. The van der Waals surface area contributed by atoms with Gasteiger partial charge in [-0.2, -0.15) is 0 Å².